The maximum absolute atomic E-state index is 11.7. The molecule has 0 unspecified atom stereocenters. The molecule has 0 aliphatic rings. The van der Waals surface area contributed by atoms with Gasteiger partial charge in [0.25, 0.3) is 0 Å². The number of fused-ring (bicyclic) bond motifs is 1. The van der Waals surface area contributed by atoms with Gasteiger partial charge in [0.15, 0.2) is 5.65 Å². The number of carbonyl (C=O) groups is 2. The van der Waals surface area contributed by atoms with Crippen LogP contribution < -0.4 is 5.32 Å². The van der Waals surface area contributed by atoms with Crippen molar-refractivity contribution in [2.24, 2.45) is 7.05 Å². The molecule has 0 aliphatic carbocycles. The van der Waals surface area contributed by atoms with Crippen molar-refractivity contribution >= 4 is 28.6 Å². The van der Waals surface area contributed by atoms with E-state index < -0.39 is 5.97 Å². The molecule has 8 heteroatoms. The quantitative estimate of drug-likeness (QED) is 0.849. The summed E-state index contributed by atoms with van der Waals surface area (Å²) in [4.78, 5) is 28.6. The summed E-state index contributed by atoms with van der Waals surface area (Å²) in [5.41, 5.74) is 1.61. The highest BCUT2D eigenvalue weighted by Gasteiger charge is 2.19. The van der Waals surface area contributed by atoms with Crippen molar-refractivity contribution in [2.45, 2.75) is 6.92 Å². The molecule has 0 aliphatic heterocycles. The number of rotatable bonds is 4. The van der Waals surface area contributed by atoms with Crippen molar-refractivity contribution in [1.82, 2.24) is 19.7 Å². The monoisotopic (exact) mass is 291 g/mol. The normalized spacial score (nSPS) is 10.7. The highest BCUT2D eigenvalue weighted by atomic mass is 16.4. The first-order chi connectivity index (χ1) is 9.82. The van der Waals surface area contributed by atoms with Crippen molar-refractivity contribution in [3.05, 3.63) is 17.5 Å². The number of pyridine rings is 1. The number of aromatic carboxylic acids is 1. The lowest BCUT2D eigenvalue weighted by Crippen LogP contribution is -2.29. The van der Waals surface area contributed by atoms with Crippen LogP contribution in [0.2, 0.25) is 0 Å². The van der Waals surface area contributed by atoms with E-state index in [9.17, 15) is 14.7 Å². The highest BCUT2D eigenvalue weighted by molar-refractivity contribution is 6.05. The summed E-state index contributed by atoms with van der Waals surface area (Å²) in [6, 6.07) is 0. The molecule has 8 nitrogen and oxygen atoms in total. The van der Waals surface area contributed by atoms with Gasteiger partial charge in [-0.05, 0) is 6.92 Å². The molecule has 1 amide bonds. The topological polar surface area (TPSA) is 100 Å². The number of nitrogens with one attached hydrogen (secondary N) is 1. The zero-order valence-corrected chi connectivity index (χ0v) is 12.3. The smallest absolute Gasteiger partial charge is 0.339 e. The summed E-state index contributed by atoms with van der Waals surface area (Å²) in [6.45, 7) is 1.77. The number of amides is 1. The van der Waals surface area contributed by atoms with E-state index in [1.165, 1.54) is 11.1 Å². The molecule has 2 N–H and O–H groups in total. The Bertz CT molecular complexity index is 720. The summed E-state index contributed by atoms with van der Waals surface area (Å²) >= 11 is 0. The fourth-order valence-electron chi connectivity index (χ4n) is 2.08. The second-order valence-corrected chi connectivity index (χ2v) is 4.90. The van der Waals surface area contributed by atoms with Gasteiger partial charge in [-0.15, -0.1) is 0 Å². The zero-order chi connectivity index (χ0) is 15.7. The molecule has 0 spiro atoms. The number of carboxylic acid groups (broad SMARTS) is 1. The van der Waals surface area contributed by atoms with Gasteiger partial charge in [0, 0.05) is 27.3 Å². The minimum absolute atomic E-state index is 0.000722. The van der Waals surface area contributed by atoms with Gasteiger partial charge in [-0.2, -0.15) is 5.10 Å². The minimum Gasteiger partial charge on any atom is -0.478 e. The number of hydrogen-bond donors (Lipinski definition) is 2. The molecule has 2 heterocycles. The summed E-state index contributed by atoms with van der Waals surface area (Å²) in [5.74, 6) is -1.26. The van der Waals surface area contributed by atoms with Crippen LogP contribution in [-0.4, -0.2) is 57.3 Å². The number of aromatic nitrogens is 3. The lowest BCUT2D eigenvalue weighted by atomic mass is 10.1. The van der Waals surface area contributed by atoms with E-state index in [0.717, 1.165) is 0 Å². The number of likely N-dealkylation sites (N-methyl/N-ethyl adjacent to an activating group) is 1. The van der Waals surface area contributed by atoms with Crippen molar-refractivity contribution in [3.63, 3.8) is 0 Å². The average molecular weight is 291 g/mol. The van der Waals surface area contributed by atoms with Crippen molar-refractivity contribution in [1.29, 1.82) is 0 Å². The predicted octanol–water partition coefficient (Wildman–Crippen LogP) is 0.475. The fraction of sp³-hybridized carbons (Fsp3) is 0.385. The molecule has 0 atom stereocenters. The lowest BCUT2D eigenvalue weighted by Gasteiger charge is -2.14. The van der Waals surface area contributed by atoms with E-state index in [4.69, 9.17) is 0 Å². The molecule has 0 bridgehead atoms. The molecule has 112 valence electrons. The van der Waals surface area contributed by atoms with E-state index >= 15 is 0 Å². The van der Waals surface area contributed by atoms with E-state index in [2.05, 4.69) is 15.4 Å². The largest absolute Gasteiger partial charge is 0.478 e. The van der Waals surface area contributed by atoms with Gasteiger partial charge in [-0.3, -0.25) is 9.48 Å². The summed E-state index contributed by atoms with van der Waals surface area (Å²) in [5, 5.41) is 17.1. The molecule has 0 aromatic carbocycles. The summed E-state index contributed by atoms with van der Waals surface area (Å²) in [6.07, 6.45) is 1.27. The third-order valence-electron chi connectivity index (χ3n) is 3.17. The van der Waals surface area contributed by atoms with Gasteiger partial charge in [0.05, 0.1) is 23.3 Å². The number of nitrogens with zero attached hydrogens (tertiary/aromatic N) is 4. The minimum atomic E-state index is -1.10. The Hall–Kier alpha value is -2.64. The molecule has 2 aromatic rings. The molecular formula is C13H17N5O3. The van der Waals surface area contributed by atoms with E-state index in [1.807, 2.05) is 0 Å². The van der Waals surface area contributed by atoms with Crippen LogP contribution in [0.4, 0.5) is 5.69 Å². The van der Waals surface area contributed by atoms with E-state index in [1.54, 1.807) is 32.7 Å². The van der Waals surface area contributed by atoms with Gasteiger partial charge in [0.2, 0.25) is 5.91 Å². The Labute approximate surface area is 121 Å². The number of anilines is 1. The van der Waals surface area contributed by atoms with Crippen LogP contribution in [0, 0.1) is 6.92 Å². The van der Waals surface area contributed by atoms with Crippen LogP contribution in [0.3, 0.4) is 0 Å². The Morgan fingerprint density at radius 2 is 2.10 bits per heavy atom. The van der Waals surface area contributed by atoms with Crippen LogP contribution in [0.5, 0.6) is 0 Å². The Morgan fingerprint density at radius 3 is 2.67 bits per heavy atom. The molecular weight excluding hydrogens is 274 g/mol. The van der Waals surface area contributed by atoms with Gasteiger partial charge < -0.3 is 15.3 Å². The van der Waals surface area contributed by atoms with Crippen LogP contribution in [0.15, 0.2) is 6.20 Å². The van der Waals surface area contributed by atoms with Crippen molar-refractivity contribution < 1.29 is 14.7 Å². The maximum Gasteiger partial charge on any atom is 0.339 e. The molecule has 0 fully saturated rings. The highest BCUT2D eigenvalue weighted by Crippen LogP contribution is 2.28. The number of carboxylic acids is 1. The summed E-state index contributed by atoms with van der Waals surface area (Å²) < 4.78 is 1.58. The summed E-state index contributed by atoms with van der Waals surface area (Å²) in [7, 11) is 5.01. The van der Waals surface area contributed by atoms with Gasteiger partial charge >= 0.3 is 5.97 Å². The lowest BCUT2D eigenvalue weighted by molar-refractivity contribution is -0.126. The first kappa shape index (κ1) is 14.8. The second-order valence-electron chi connectivity index (χ2n) is 4.90. The van der Waals surface area contributed by atoms with Crippen molar-refractivity contribution in [2.75, 3.05) is 26.0 Å². The second kappa shape index (κ2) is 5.39. The maximum atomic E-state index is 11.7. The van der Waals surface area contributed by atoms with Gasteiger partial charge in [-0.25, -0.2) is 9.78 Å². The van der Waals surface area contributed by atoms with Crippen LogP contribution >= 0.6 is 0 Å². The van der Waals surface area contributed by atoms with E-state index in [-0.39, 0.29) is 18.0 Å². The predicted molar refractivity (Wildman–Crippen MR) is 77.4 cm³/mol. The molecule has 0 saturated heterocycles. The number of aryl methyl sites for hydroxylation is 2. The third kappa shape index (κ3) is 2.64. The van der Waals surface area contributed by atoms with Crippen LogP contribution in [0.25, 0.3) is 11.0 Å². The first-order valence-electron chi connectivity index (χ1n) is 6.32. The first-order valence-corrected chi connectivity index (χ1v) is 6.32. The Balaban J connectivity index is 2.54. The fourth-order valence-corrected chi connectivity index (χ4v) is 2.08. The zero-order valence-electron chi connectivity index (χ0n) is 12.3. The Morgan fingerprint density at radius 1 is 1.43 bits per heavy atom. The van der Waals surface area contributed by atoms with Gasteiger partial charge in [-0.1, -0.05) is 0 Å². The Kier molecular flexibility index (Phi) is 3.79. The standard InChI is InChI=1S/C13H17N5O3/c1-7-10-11(14-6-9(19)17(2)3)8(13(20)21)5-15-12(10)18(4)16-7/h5H,6H2,1-4H3,(H,14,15)(H,20,21). The van der Waals surface area contributed by atoms with Crippen LogP contribution in [0.1, 0.15) is 16.1 Å². The molecule has 2 aromatic heterocycles. The SMILES string of the molecule is Cc1nn(C)c2ncc(C(=O)O)c(NCC(=O)N(C)C)c12. The molecule has 21 heavy (non-hydrogen) atoms. The van der Waals surface area contributed by atoms with Crippen LogP contribution in [-0.2, 0) is 11.8 Å². The number of carbonyl (C=O) groups excluding carboxylic acids is 1. The molecule has 0 saturated carbocycles. The average Bonchev–Trinajstić information content (AvgIpc) is 2.70. The van der Waals surface area contributed by atoms with E-state index in [0.29, 0.717) is 22.4 Å². The number of hydrogen-bond acceptors (Lipinski definition) is 5. The molecule has 0 radical (unpaired) electrons. The van der Waals surface area contributed by atoms with Gasteiger partial charge in [0.1, 0.15) is 5.56 Å². The van der Waals surface area contributed by atoms with Crippen molar-refractivity contribution in [3.8, 4) is 0 Å². The third-order valence-corrected chi connectivity index (χ3v) is 3.17. The molecule has 2 rings (SSSR count).